The van der Waals surface area contributed by atoms with Gasteiger partial charge in [-0.2, -0.15) is 8.42 Å². The van der Waals surface area contributed by atoms with Crippen molar-refractivity contribution in [3.05, 3.63) is 51.8 Å². The average Bonchev–Trinajstić information content (AvgIpc) is 3.26. The third kappa shape index (κ3) is 5.20. The third-order valence-electron chi connectivity index (χ3n) is 4.99. The molecule has 0 spiro atoms. The first-order valence-electron chi connectivity index (χ1n) is 10.1. The number of amidine groups is 1. The lowest BCUT2D eigenvalue weighted by atomic mass is 10.1. The number of phenolic OH excluding ortho intramolecular Hbond substituents is 1. The summed E-state index contributed by atoms with van der Waals surface area (Å²) in [5.41, 5.74) is -0.874. The number of rotatable bonds is 8. The minimum Gasteiger partial charge on any atom is -0.504 e. The standard InChI is InChI=1S/C19H25N5O8S3/c1-5-12(14-10-9-11(2)32-14)22-18-16(19(33(20,26)27)34(28,29)23-18)21-13-7-6-8-15(17(13)25)35(30,31)24(3)4/h6-10,12,21,25H,5H2,1-4H3,(H,22,23)(H2,20,26,27)/t12-/m1/s1. The number of nitrogens with zero attached hydrogens (tertiary/aromatic N) is 2. The molecular weight excluding hydrogens is 522 g/mol. The van der Waals surface area contributed by atoms with Gasteiger partial charge in [-0.1, -0.05) is 13.0 Å². The fourth-order valence-electron chi connectivity index (χ4n) is 3.27. The van der Waals surface area contributed by atoms with Crippen LogP contribution in [0.3, 0.4) is 0 Å². The second-order valence-electron chi connectivity index (χ2n) is 7.74. The SMILES string of the molecule is CC[C@@H](NC1=NS(=O)(=O)C(S(N)(=O)=O)=C1Nc1cccc(S(=O)(=O)N(C)C)c1O)c1ccc(C)o1. The average molecular weight is 548 g/mol. The summed E-state index contributed by atoms with van der Waals surface area (Å²) in [6, 6.07) is 6.40. The molecule has 0 unspecified atom stereocenters. The van der Waals surface area contributed by atoms with E-state index in [4.69, 9.17) is 9.56 Å². The summed E-state index contributed by atoms with van der Waals surface area (Å²) in [5.74, 6) is -0.130. The topological polar surface area (TPSA) is 201 Å². The van der Waals surface area contributed by atoms with Crippen LogP contribution in [0, 0.1) is 6.92 Å². The molecule has 0 saturated carbocycles. The zero-order chi connectivity index (χ0) is 26.3. The maximum absolute atomic E-state index is 12.7. The first-order chi connectivity index (χ1) is 16.1. The number of primary sulfonamides is 1. The molecule has 0 fully saturated rings. The molecule has 3 rings (SSSR count). The highest BCUT2D eigenvalue weighted by Gasteiger charge is 2.41. The number of aryl methyl sites for hydroxylation is 1. The van der Waals surface area contributed by atoms with E-state index in [1.165, 1.54) is 26.2 Å². The molecule has 1 aliphatic heterocycles. The minimum absolute atomic E-state index is 0.294. The van der Waals surface area contributed by atoms with Gasteiger partial charge in [-0.25, -0.2) is 26.3 Å². The van der Waals surface area contributed by atoms with E-state index >= 15 is 0 Å². The van der Waals surface area contributed by atoms with Crippen LogP contribution in [0.15, 0.2) is 54.0 Å². The largest absolute Gasteiger partial charge is 0.504 e. The fourth-order valence-corrected chi connectivity index (χ4v) is 6.86. The zero-order valence-corrected chi connectivity index (χ0v) is 21.6. The number of sulfonamides is 3. The monoisotopic (exact) mass is 547 g/mol. The number of anilines is 1. The van der Waals surface area contributed by atoms with Gasteiger partial charge in [0.2, 0.25) is 14.3 Å². The van der Waals surface area contributed by atoms with Crippen molar-refractivity contribution in [3.8, 4) is 5.75 Å². The Bertz CT molecular complexity index is 1540. The van der Waals surface area contributed by atoms with E-state index in [0.29, 0.717) is 17.9 Å². The van der Waals surface area contributed by atoms with Gasteiger partial charge in [0.25, 0.3) is 20.0 Å². The van der Waals surface area contributed by atoms with Crippen LogP contribution in [-0.4, -0.2) is 54.6 Å². The molecule has 1 atom stereocenters. The first kappa shape index (κ1) is 26.7. The van der Waals surface area contributed by atoms with Gasteiger partial charge in [0.15, 0.2) is 11.6 Å². The Morgan fingerprint density at radius 2 is 1.83 bits per heavy atom. The molecule has 0 saturated heterocycles. The van der Waals surface area contributed by atoms with Crippen molar-refractivity contribution >= 4 is 41.6 Å². The number of nitrogens with one attached hydrogen (secondary N) is 2. The van der Waals surface area contributed by atoms with E-state index in [-0.39, 0.29) is 5.69 Å². The summed E-state index contributed by atoms with van der Waals surface area (Å²) >= 11 is 0. The minimum atomic E-state index is -4.84. The fraction of sp³-hybridized carbons (Fsp3) is 0.316. The van der Waals surface area contributed by atoms with E-state index in [2.05, 4.69) is 15.0 Å². The second-order valence-corrected chi connectivity index (χ2v) is 13.2. The molecule has 1 aromatic heterocycles. The molecule has 0 amide bonds. The van der Waals surface area contributed by atoms with Crippen molar-refractivity contribution in [1.82, 2.24) is 9.62 Å². The second kappa shape index (κ2) is 9.27. The number of phenols is 1. The highest BCUT2D eigenvalue weighted by Crippen LogP contribution is 2.36. The van der Waals surface area contributed by atoms with Gasteiger partial charge < -0.3 is 20.2 Å². The van der Waals surface area contributed by atoms with Crippen LogP contribution in [0.4, 0.5) is 5.69 Å². The van der Waals surface area contributed by atoms with Gasteiger partial charge >= 0.3 is 0 Å². The number of furan rings is 1. The quantitative estimate of drug-likeness (QED) is 0.344. The van der Waals surface area contributed by atoms with Gasteiger partial charge in [0.1, 0.15) is 22.1 Å². The Morgan fingerprint density at radius 1 is 1.17 bits per heavy atom. The van der Waals surface area contributed by atoms with Gasteiger partial charge in [-0.15, -0.1) is 4.40 Å². The lowest BCUT2D eigenvalue weighted by molar-refractivity contribution is 0.423. The van der Waals surface area contributed by atoms with E-state index in [9.17, 15) is 30.4 Å². The molecular formula is C19H25N5O8S3. The normalized spacial score (nSPS) is 16.9. The lowest BCUT2D eigenvalue weighted by Gasteiger charge is -2.19. The van der Waals surface area contributed by atoms with Crippen molar-refractivity contribution < 1.29 is 34.8 Å². The number of benzene rings is 1. The summed E-state index contributed by atoms with van der Waals surface area (Å²) in [5, 5.41) is 21.2. The highest BCUT2D eigenvalue weighted by atomic mass is 32.3. The third-order valence-corrected chi connectivity index (χ3v) is 9.98. The molecule has 0 bridgehead atoms. The van der Waals surface area contributed by atoms with Crippen LogP contribution in [0.1, 0.15) is 30.9 Å². The Balaban J connectivity index is 2.15. The van der Waals surface area contributed by atoms with E-state index in [1.807, 2.05) is 0 Å². The maximum atomic E-state index is 12.7. The molecule has 1 aliphatic rings. The molecule has 5 N–H and O–H groups in total. The molecule has 1 aromatic carbocycles. The number of nitrogens with two attached hydrogens (primary N) is 1. The first-order valence-corrected chi connectivity index (χ1v) is 14.5. The molecule has 16 heteroatoms. The highest BCUT2D eigenvalue weighted by molar-refractivity contribution is 8.13. The molecule has 13 nitrogen and oxygen atoms in total. The van der Waals surface area contributed by atoms with Crippen LogP contribution >= 0.6 is 0 Å². The van der Waals surface area contributed by atoms with Gasteiger partial charge in [0, 0.05) is 14.1 Å². The van der Waals surface area contributed by atoms with Crippen molar-refractivity contribution in [2.75, 3.05) is 19.4 Å². The van der Waals surface area contributed by atoms with E-state index in [1.54, 1.807) is 26.0 Å². The number of hydrogen-bond acceptors (Lipinski definition) is 10. The van der Waals surface area contributed by atoms with Crippen LogP contribution in [0.2, 0.25) is 0 Å². The molecule has 192 valence electrons. The molecule has 0 radical (unpaired) electrons. The Morgan fingerprint density at radius 3 is 2.34 bits per heavy atom. The predicted octanol–water partition coefficient (Wildman–Crippen LogP) is 0.896. The molecule has 2 heterocycles. The van der Waals surface area contributed by atoms with Gasteiger partial charge in [-0.3, -0.25) is 0 Å². The summed E-state index contributed by atoms with van der Waals surface area (Å²) in [6.07, 6.45) is 0.395. The lowest BCUT2D eigenvalue weighted by Crippen LogP contribution is -2.32. The molecule has 2 aromatic rings. The number of hydrogen-bond donors (Lipinski definition) is 4. The zero-order valence-electron chi connectivity index (χ0n) is 19.2. The van der Waals surface area contributed by atoms with Crippen LogP contribution < -0.4 is 15.8 Å². The smallest absolute Gasteiger partial charge is 0.299 e. The van der Waals surface area contributed by atoms with Crippen molar-refractivity contribution in [3.63, 3.8) is 0 Å². The molecule has 35 heavy (non-hydrogen) atoms. The van der Waals surface area contributed by atoms with Gasteiger partial charge in [-0.05, 0) is 37.6 Å². The van der Waals surface area contributed by atoms with Crippen molar-refractivity contribution in [2.24, 2.45) is 9.54 Å². The van der Waals surface area contributed by atoms with Gasteiger partial charge in [0.05, 0.1) is 11.7 Å². The Hall–Kier alpha value is -2.92. The van der Waals surface area contributed by atoms with E-state index < -0.39 is 62.5 Å². The molecule has 0 aliphatic carbocycles. The maximum Gasteiger partial charge on any atom is 0.299 e. The summed E-state index contributed by atoms with van der Waals surface area (Å²) < 4.78 is 83.6. The summed E-state index contributed by atoms with van der Waals surface area (Å²) in [4.78, 5) is -0.491. The van der Waals surface area contributed by atoms with Crippen molar-refractivity contribution in [1.29, 1.82) is 0 Å². The predicted molar refractivity (Wildman–Crippen MR) is 129 cm³/mol. The summed E-state index contributed by atoms with van der Waals surface area (Å²) in [6.45, 7) is 3.50. The number of aromatic hydroxyl groups is 1. The Kier molecular flexibility index (Phi) is 7.07. The van der Waals surface area contributed by atoms with Crippen LogP contribution in [-0.2, 0) is 30.1 Å². The Labute approximate surface area is 203 Å². The summed E-state index contributed by atoms with van der Waals surface area (Å²) in [7, 11) is -11.2. The van der Waals surface area contributed by atoms with Crippen LogP contribution in [0.25, 0.3) is 0 Å². The number of para-hydroxylation sites is 1. The van der Waals surface area contributed by atoms with Crippen molar-refractivity contribution in [2.45, 2.75) is 31.2 Å². The van der Waals surface area contributed by atoms with Crippen LogP contribution in [0.5, 0.6) is 5.75 Å². The van der Waals surface area contributed by atoms with E-state index in [0.717, 1.165) is 10.4 Å².